The number of anilines is 1. The number of methoxy groups -OCH3 is 2. The van der Waals surface area contributed by atoms with Crippen LogP contribution in [0.1, 0.15) is 5.56 Å². The molecule has 0 saturated heterocycles. The van der Waals surface area contributed by atoms with Crippen LogP contribution in [0.4, 0.5) is 5.69 Å². The van der Waals surface area contributed by atoms with Gasteiger partial charge >= 0.3 is 0 Å². The molecule has 0 aliphatic rings. The summed E-state index contributed by atoms with van der Waals surface area (Å²) in [6.45, 7) is 0. The van der Waals surface area contributed by atoms with Crippen molar-refractivity contribution in [2.75, 3.05) is 19.5 Å². The number of hydrogen-bond donors (Lipinski definition) is 2. The highest BCUT2D eigenvalue weighted by Crippen LogP contribution is 2.37. The topological polar surface area (TPSA) is 91.6 Å². The zero-order valence-electron chi connectivity index (χ0n) is 13.5. The average molecular weight is 403 g/mol. The third-order valence-electron chi connectivity index (χ3n) is 3.30. The molecular weight excluding hydrogens is 388 g/mol. The predicted molar refractivity (Wildman–Crippen MR) is 97.6 cm³/mol. The highest BCUT2D eigenvalue weighted by atomic mass is 79.9. The van der Waals surface area contributed by atoms with Crippen molar-refractivity contribution in [3.8, 4) is 23.3 Å². The van der Waals surface area contributed by atoms with Crippen molar-refractivity contribution in [3.63, 3.8) is 0 Å². The number of hydrogen-bond acceptors (Lipinski definition) is 5. The molecule has 0 atom stereocenters. The van der Waals surface area contributed by atoms with Gasteiger partial charge in [0.25, 0.3) is 5.91 Å². The lowest BCUT2D eigenvalue weighted by Crippen LogP contribution is -2.13. The molecule has 0 aromatic heterocycles. The number of ether oxygens (including phenoxy) is 2. The van der Waals surface area contributed by atoms with E-state index in [-0.39, 0.29) is 22.8 Å². The zero-order chi connectivity index (χ0) is 18.4. The smallest absolute Gasteiger partial charge is 0.266 e. The number of nitriles is 1. The summed E-state index contributed by atoms with van der Waals surface area (Å²) in [4.78, 5) is 12.3. The van der Waals surface area contributed by atoms with E-state index in [2.05, 4.69) is 21.2 Å². The molecular formula is C18H15BrN2O4. The first-order chi connectivity index (χ1) is 12.0. The molecule has 0 spiro atoms. The molecule has 2 aromatic carbocycles. The highest BCUT2D eigenvalue weighted by molar-refractivity contribution is 9.10. The second-order valence-electron chi connectivity index (χ2n) is 4.88. The van der Waals surface area contributed by atoms with Crippen LogP contribution in [-0.4, -0.2) is 25.2 Å². The van der Waals surface area contributed by atoms with Crippen molar-refractivity contribution < 1.29 is 19.4 Å². The first kappa shape index (κ1) is 18.4. The number of aromatic hydroxyl groups is 1. The zero-order valence-corrected chi connectivity index (χ0v) is 15.1. The molecule has 2 aromatic rings. The molecule has 0 aliphatic heterocycles. The molecule has 0 saturated carbocycles. The minimum Gasteiger partial charge on any atom is -0.502 e. The SMILES string of the molecule is COc1cc(/C=C(\C#N)C(=O)Nc2ccccc2Br)cc(OC)c1O. The maximum Gasteiger partial charge on any atom is 0.266 e. The lowest BCUT2D eigenvalue weighted by molar-refractivity contribution is -0.112. The van der Waals surface area contributed by atoms with E-state index < -0.39 is 5.91 Å². The molecule has 0 aliphatic carbocycles. The Bertz CT molecular complexity index is 847. The fraction of sp³-hybridized carbons (Fsp3) is 0.111. The van der Waals surface area contributed by atoms with Crippen LogP contribution in [0.2, 0.25) is 0 Å². The summed E-state index contributed by atoms with van der Waals surface area (Å²) in [6, 6.07) is 11.9. The van der Waals surface area contributed by atoms with Gasteiger partial charge in [-0.2, -0.15) is 5.26 Å². The Hall–Kier alpha value is -2.98. The maximum absolute atomic E-state index is 12.3. The Balaban J connectivity index is 2.36. The number of para-hydroxylation sites is 1. The summed E-state index contributed by atoms with van der Waals surface area (Å²) in [5.41, 5.74) is 0.922. The lowest BCUT2D eigenvalue weighted by atomic mass is 10.1. The number of rotatable bonds is 5. The molecule has 2 rings (SSSR count). The van der Waals surface area contributed by atoms with Gasteiger partial charge in [0.15, 0.2) is 11.5 Å². The Kier molecular flexibility index (Phi) is 6.03. The number of carbonyl (C=O) groups is 1. The van der Waals surface area contributed by atoms with E-state index in [1.54, 1.807) is 18.2 Å². The Morgan fingerprint density at radius 3 is 2.36 bits per heavy atom. The van der Waals surface area contributed by atoms with Crippen LogP contribution in [0.25, 0.3) is 6.08 Å². The molecule has 0 fully saturated rings. The maximum atomic E-state index is 12.3. The van der Waals surface area contributed by atoms with Gasteiger partial charge < -0.3 is 19.9 Å². The second-order valence-corrected chi connectivity index (χ2v) is 5.73. The monoisotopic (exact) mass is 402 g/mol. The van der Waals surface area contributed by atoms with E-state index in [1.165, 1.54) is 32.4 Å². The van der Waals surface area contributed by atoms with Crippen LogP contribution in [-0.2, 0) is 4.79 Å². The van der Waals surface area contributed by atoms with Gasteiger partial charge in [-0.05, 0) is 51.8 Å². The third-order valence-corrected chi connectivity index (χ3v) is 3.99. The Morgan fingerprint density at radius 1 is 1.24 bits per heavy atom. The van der Waals surface area contributed by atoms with Gasteiger partial charge in [0, 0.05) is 4.47 Å². The summed E-state index contributed by atoms with van der Waals surface area (Å²) in [5.74, 6) is -0.359. The average Bonchev–Trinajstić information content (AvgIpc) is 2.62. The molecule has 7 heteroatoms. The summed E-state index contributed by atoms with van der Waals surface area (Å²) in [7, 11) is 2.79. The molecule has 2 N–H and O–H groups in total. The molecule has 25 heavy (non-hydrogen) atoms. The number of halogens is 1. The summed E-state index contributed by atoms with van der Waals surface area (Å²) in [5, 5.41) is 21.9. The molecule has 1 amide bonds. The van der Waals surface area contributed by atoms with Crippen LogP contribution < -0.4 is 14.8 Å². The number of phenolic OH excluding ortho intramolecular Hbond substituents is 1. The van der Waals surface area contributed by atoms with Gasteiger partial charge in [-0.15, -0.1) is 0 Å². The number of nitrogens with one attached hydrogen (secondary N) is 1. The number of benzene rings is 2. The van der Waals surface area contributed by atoms with Crippen LogP contribution >= 0.6 is 15.9 Å². The summed E-state index contributed by atoms with van der Waals surface area (Å²) < 4.78 is 10.8. The first-order valence-electron chi connectivity index (χ1n) is 7.12. The molecule has 0 bridgehead atoms. The van der Waals surface area contributed by atoms with Crippen molar-refractivity contribution in [1.82, 2.24) is 0 Å². The van der Waals surface area contributed by atoms with E-state index >= 15 is 0 Å². The minimum atomic E-state index is -0.555. The van der Waals surface area contributed by atoms with E-state index in [4.69, 9.17) is 9.47 Å². The standard InChI is InChI=1S/C18H15BrN2O4/c1-24-15-8-11(9-16(25-2)17(15)22)7-12(10-20)18(23)21-14-6-4-3-5-13(14)19/h3-9,22H,1-2H3,(H,21,23)/b12-7+. The van der Waals surface area contributed by atoms with Crippen LogP contribution in [0.15, 0.2) is 46.4 Å². The van der Waals surface area contributed by atoms with Gasteiger partial charge in [0.1, 0.15) is 11.6 Å². The quantitative estimate of drug-likeness (QED) is 0.587. The highest BCUT2D eigenvalue weighted by Gasteiger charge is 2.14. The normalized spacial score (nSPS) is 10.7. The van der Waals surface area contributed by atoms with E-state index in [0.29, 0.717) is 15.7 Å². The van der Waals surface area contributed by atoms with Gasteiger partial charge in [-0.3, -0.25) is 4.79 Å². The molecule has 6 nitrogen and oxygen atoms in total. The number of nitrogens with zero attached hydrogens (tertiary/aromatic N) is 1. The van der Waals surface area contributed by atoms with Gasteiger partial charge in [-0.25, -0.2) is 0 Å². The van der Waals surface area contributed by atoms with Crippen molar-refractivity contribution in [1.29, 1.82) is 5.26 Å². The minimum absolute atomic E-state index is 0.106. The van der Waals surface area contributed by atoms with E-state index in [9.17, 15) is 15.2 Å². The number of phenols is 1. The Morgan fingerprint density at radius 2 is 1.84 bits per heavy atom. The van der Waals surface area contributed by atoms with Gasteiger partial charge in [0.05, 0.1) is 19.9 Å². The fourth-order valence-corrected chi connectivity index (χ4v) is 2.45. The summed E-state index contributed by atoms with van der Waals surface area (Å²) >= 11 is 3.33. The molecule has 0 radical (unpaired) electrons. The van der Waals surface area contributed by atoms with E-state index in [0.717, 1.165) is 0 Å². The second kappa shape index (κ2) is 8.22. The van der Waals surface area contributed by atoms with Gasteiger partial charge in [-0.1, -0.05) is 12.1 Å². The predicted octanol–water partition coefficient (Wildman–Crippen LogP) is 3.72. The number of carbonyl (C=O) groups excluding carboxylic acids is 1. The number of amides is 1. The van der Waals surface area contributed by atoms with Crippen molar-refractivity contribution in [2.24, 2.45) is 0 Å². The van der Waals surface area contributed by atoms with Crippen LogP contribution in [0, 0.1) is 11.3 Å². The van der Waals surface area contributed by atoms with E-state index in [1.807, 2.05) is 12.1 Å². The largest absolute Gasteiger partial charge is 0.502 e. The molecule has 0 unspecified atom stereocenters. The van der Waals surface area contributed by atoms with Crippen molar-refractivity contribution in [3.05, 3.63) is 52.0 Å². The van der Waals surface area contributed by atoms with Gasteiger partial charge in [0.2, 0.25) is 5.75 Å². The lowest BCUT2D eigenvalue weighted by Gasteiger charge is -2.10. The summed E-state index contributed by atoms with van der Waals surface area (Å²) in [6.07, 6.45) is 1.39. The van der Waals surface area contributed by atoms with Crippen molar-refractivity contribution in [2.45, 2.75) is 0 Å². The van der Waals surface area contributed by atoms with Crippen LogP contribution in [0.3, 0.4) is 0 Å². The molecule has 128 valence electrons. The fourth-order valence-electron chi connectivity index (χ4n) is 2.06. The molecule has 0 heterocycles. The van der Waals surface area contributed by atoms with Crippen molar-refractivity contribution >= 4 is 33.6 Å². The first-order valence-corrected chi connectivity index (χ1v) is 7.92. The third kappa shape index (κ3) is 4.31. The Labute approximate surface area is 153 Å². The van der Waals surface area contributed by atoms with Crippen LogP contribution in [0.5, 0.6) is 17.2 Å².